The zero-order chi connectivity index (χ0) is 13.6. The molecule has 0 saturated carbocycles. The molecule has 0 bridgehead atoms. The van der Waals surface area contributed by atoms with E-state index in [0.717, 1.165) is 30.5 Å². The van der Waals surface area contributed by atoms with Gasteiger partial charge in [-0.05, 0) is 38.6 Å². The Kier molecular flexibility index (Phi) is 2.78. The molecule has 0 spiro atoms. The van der Waals surface area contributed by atoms with Crippen LogP contribution in [0.15, 0.2) is 27.8 Å². The van der Waals surface area contributed by atoms with E-state index in [1.807, 2.05) is 26.2 Å². The van der Waals surface area contributed by atoms with Gasteiger partial charge < -0.3 is 4.90 Å². The molecule has 1 unspecified atom stereocenters. The number of H-pyrrole nitrogens is 1. The van der Waals surface area contributed by atoms with Gasteiger partial charge in [0.1, 0.15) is 0 Å². The number of benzene rings is 1. The first-order valence-corrected chi connectivity index (χ1v) is 6.49. The lowest BCUT2D eigenvalue weighted by molar-refractivity contribution is 0.303. The molecule has 1 aromatic heterocycles. The van der Waals surface area contributed by atoms with E-state index in [4.69, 9.17) is 0 Å². The van der Waals surface area contributed by atoms with Crippen LogP contribution in [0.2, 0.25) is 0 Å². The normalized spacial score (nSPS) is 18.2. The molecule has 1 N–H and O–H groups in total. The Labute approximate surface area is 110 Å². The van der Waals surface area contributed by atoms with E-state index >= 15 is 0 Å². The van der Waals surface area contributed by atoms with Crippen LogP contribution in [0.25, 0.3) is 10.9 Å². The lowest BCUT2D eigenvalue weighted by atomic mass is 9.97. The van der Waals surface area contributed by atoms with Gasteiger partial charge in [-0.25, -0.2) is 4.79 Å². The van der Waals surface area contributed by atoms with Crippen LogP contribution in [0.1, 0.15) is 18.0 Å². The highest BCUT2D eigenvalue weighted by Gasteiger charge is 2.23. The van der Waals surface area contributed by atoms with Crippen LogP contribution in [0.3, 0.4) is 0 Å². The van der Waals surface area contributed by atoms with Crippen molar-refractivity contribution in [3.63, 3.8) is 0 Å². The highest BCUT2D eigenvalue weighted by molar-refractivity contribution is 5.82. The van der Waals surface area contributed by atoms with Crippen molar-refractivity contribution < 1.29 is 0 Å². The predicted molar refractivity (Wildman–Crippen MR) is 74.7 cm³/mol. The molecule has 0 fully saturated rings. The predicted octanol–water partition coefficient (Wildman–Crippen LogP) is 0.739. The largest absolute Gasteiger partial charge is 0.329 e. The minimum atomic E-state index is -0.295. The molecule has 2 aromatic rings. The Morgan fingerprint density at radius 3 is 2.89 bits per heavy atom. The standard InChI is InChI=1S/C14H17N3O2/c1-16(2)8-10-7-6-9-4-3-5-11-12(9)17(10)14(19)15-13(11)18/h3-5,10H,6-8H2,1-2H3,(H,15,18,19). The average Bonchev–Trinajstić information content (AvgIpc) is 2.35. The van der Waals surface area contributed by atoms with Gasteiger partial charge in [0.25, 0.3) is 5.56 Å². The topological polar surface area (TPSA) is 58.1 Å². The van der Waals surface area contributed by atoms with E-state index in [1.165, 1.54) is 0 Å². The number of aromatic nitrogens is 2. The van der Waals surface area contributed by atoms with Gasteiger partial charge in [-0.3, -0.25) is 14.3 Å². The molecule has 0 aliphatic carbocycles. The fraction of sp³-hybridized carbons (Fsp3) is 0.429. The van der Waals surface area contributed by atoms with Crippen LogP contribution < -0.4 is 11.2 Å². The lowest BCUT2D eigenvalue weighted by Crippen LogP contribution is -2.39. The fourth-order valence-corrected chi connectivity index (χ4v) is 2.98. The molecule has 1 aromatic carbocycles. The highest BCUT2D eigenvalue weighted by Crippen LogP contribution is 2.27. The third kappa shape index (κ3) is 1.90. The van der Waals surface area contributed by atoms with Gasteiger partial charge in [-0.15, -0.1) is 0 Å². The number of rotatable bonds is 2. The van der Waals surface area contributed by atoms with E-state index in [-0.39, 0.29) is 17.3 Å². The van der Waals surface area contributed by atoms with Crippen molar-refractivity contribution >= 4 is 10.9 Å². The summed E-state index contributed by atoms with van der Waals surface area (Å²) in [5, 5.41) is 0.612. The van der Waals surface area contributed by atoms with Crippen LogP contribution in [0, 0.1) is 0 Å². The van der Waals surface area contributed by atoms with Crippen LogP contribution in [-0.2, 0) is 6.42 Å². The van der Waals surface area contributed by atoms with Crippen LogP contribution >= 0.6 is 0 Å². The summed E-state index contributed by atoms with van der Waals surface area (Å²) >= 11 is 0. The number of nitrogens with one attached hydrogen (secondary N) is 1. The van der Waals surface area contributed by atoms with E-state index < -0.39 is 0 Å². The van der Waals surface area contributed by atoms with Crippen LogP contribution in [-0.4, -0.2) is 35.1 Å². The van der Waals surface area contributed by atoms with Crippen LogP contribution in [0.5, 0.6) is 0 Å². The summed E-state index contributed by atoms with van der Waals surface area (Å²) in [6.07, 6.45) is 1.84. The molecule has 3 rings (SSSR count). The smallest absolute Gasteiger partial charge is 0.307 e. The number of aromatic amines is 1. The maximum atomic E-state index is 12.2. The molecular weight excluding hydrogens is 242 g/mol. The monoisotopic (exact) mass is 259 g/mol. The van der Waals surface area contributed by atoms with Gasteiger partial charge in [0.15, 0.2) is 0 Å². The zero-order valence-electron chi connectivity index (χ0n) is 11.1. The molecule has 0 saturated heterocycles. The van der Waals surface area contributed by atoms with Gasteiger partial charge in [0.2, 0.25) is 0 Å². The summed E-state index contributed by atoms with van der Waals surface area (Å²) in [5.74, 6) is 0. The molecule has 5 nitrogen and oxygen atoms in total. The third-order valence-corrected chi connectivity index (χ3v) is 3.73. The Morgan fingerprint density at radius 1 is 1.37 bits per heavy atom. The number of aryl methyl sites for hydroxylation is 1. The summed E-state index contributed by atoms with van der Waals surface area (Å²) in [7, 11) is 3.99. The SMILES string of the molecule is CN(C)CC1CCc2cccc3c(=O)[nH]c(=O)n1c23. The zero-order valence-corrected chi connectivity index (χ0v) is 11.1. The van der Waals surface area contributed by atoms with Crippen LogP contribution in [0.4, 0.5) is 0 Å². The third-order valence-electron chi connectivity index (χ3n) is 3.73. The minimum Gasteiger partial charge on any atom is -0.307 e. The number of para-hydroxylation sites is 1. The summed E-state index contributed by atoms with van der Waals surface area (Å²) in [6.45, 7) is 0.801. The first-order valence-electron chi connectivity index (χ1n) is 6.49. The maximum absolute atomic E-state index is 12.2. The van der Waals surface area contributed by atoms with Crippen molar-refractivity contribution in [2.45, 2.75) is 18.9 Å². The van der Waals surface area contributed by atoms with Crippen molar-refractivity contribution in [2.75, 3.05) is 20.6 Å². The molecule has 19 heavy (non-hydrogen) atoms. The van der Waals surface area contributed by atoms with Crippen molar-refractivity contribution in [3.05, 3.63) is 44.6 Å². The fourth-order valence-electron chi connectivity index (χ4n) is 2.98. The van der Waals surface area contributed by atoms with Gasteiger partial charge in [0, 0.05) is 6.54 Å². The van der Waals surface area contributed by atoms with Gasteiger partial charge in [0.05, 0.1) is 16.9 Å². The van der Waals surface area contributed by atoms with Crippen molar-refractivity contribution in [3.8, 4) is 0 Å². The molecule has 2 heterocycles. The molecular formula is C14H17N3O2. The molecule has 0 radical (unpaired) electrons. The molecule has 1 aliphatic heterocycles. The first kappa shape index (κ1) is 12.2. The lowest BCUT2D eigenvalue weighted by Gasteiger charge is -2.29. The summed E-state index contributed by atoms with van der Waals surface area (Å²) in [6, 6.07) is 5.79. The van der Waals surface area contributed by atoms with Gasteiger partial charge in [-0.1, -0.05) is 12.1 Å². The van der Waals surface area contributed by atoms with Crippen molar-refractivity contribution in [1.82, 2.24) is 14.5 Å². The van der Waals surface area contributed by atoms with E-state index in [2.05, 4.69) is 9.88 Å². The van der Waals surface area contributed by atoms with Gasteiger partial charge >= 0.3 is 5.69 Å². The first-order chi connectivity index (χ1) is 9.08. The Hall–Kier alpha value is -1.88. The molecule has 1 atom stereocenters. The number of hydrogen-bond acceptors (Lipinski definition) is 3. The second kappa shape index (κ2) is 4.35. The minimum absolute atomic E-state index is 0.122. The molecule has 5 heteroatoms. The molecule has 0 amide bonds. The Bertz CT molecular complexity index is 742. The number of likely N-dealkylation sites (N-methyl/N-ethyl adjacent to an activating group) is 1. The Balaban J connectivity index is 2.34. The second-order valence-corrected chi connectivity index (χ2v) is 5.40. The highest BCUT2D eigenvalue weighted by atomic mass is 16.2. The molecule has 100 valence electrons. The van der Waals surface area contributed by atoms with Crippen molar-refractivity contribution in [1.29, 1.82) is 0 Å². The summed E-state index contributed by atoms with van der Waals surface area (Å²) in [4.78, 5) is 28.5. The maximum Gasteiger partial charge on any atom is 0.329 e. The number of hydrogen-bond donors (Lipinski definition) is 1. The van der Waals surface area contributed by atoms with Gasteiger partial charge in [-0.2, -0.15) is 0 Å². The second-order valence-electron chi connectivity index (χ2n) is 5.40. The van der Waals surface area contributed by atoms with E-state index in [9.17, 15) is 9.59 Å². The average molecular weight is 259 g/mol. The summed E-state index contributed by atoms with van der Waals surface area (Å²) in [5.41, 5.74) is 1.32. The van der Waals surface area contributed by atoms with E-state index in [1.54, 1.807) is 10.6 Å². The quantitative estimate of drug-likeness (QED) is 0.865. The number of nitrogens with zero attached hydrogens (tertiary/aromatic N) is 2. The van der Waals surface area contributed by atoms with E-state index in [0.29, 0.717) is 5.39 Å². The van der Waals surface area contributed by atoms with Crippen molar-refractivity contribution in [2.24, 2.45) is 0 Å². The Morgan fingerprint density at radius 2 is 2.16 bits per heavy atom. The molecule has 1 aliphatic rings. The summed E-state index contributed by atoms with van der Waals surface area (Å²) < 4.78 is 1.76.